The molecule has 5 nitrogen and oxygen atoms in total. The van der Waals surface area contributed by atoms with Crippen LogP contribution in [0.4, 0.5) is 5.69 Å². The lowest BCUT2D eigenvalue weighted by Crippen LogP contribution is -2.49. The number of rotatable bonds is 5. The highest BCUT2D eigenvalue weighted by Gasteiger charge is 2.30. The average Bonchev–Trinajstić information content (AvgIpc) is 2.76. The minimum atomic E-state index is -3.34. The maximum absolute atomic E-state index is 12.8. The Balaban J connectivity index is 1.25. The molecule has 6 heteroatoms. The van der Waals surface area contributed by atoms with Gasteiger partial charge in [0.05, 0.1) is 4.90 Å². The molecule has 0 aromatic heterocycles. The van der Waals surface area contributed by atoms with Crippen molar-refractivity contribution in [2.75, 3.05) is 50.7 Å². The molecule has 2 aromatic rings. The van der Waals surface area contributed by atoms with Crippen LogP contribution in [0, 0.1) is 5.92 Å². The zero-order chi connectivity index (χ0) is 19.4. The highest BCUT2D eigenvalue weighted by Crippen LogP contribution is 2.25. The molecular weight excluding hydrogens is 370 g/mol. The first-order valence-electron chi connectivity index (χ1n) is 10.2. The van der Waals surface area contributed by atoms with E-state index in [4.69, 9.17) is 0 Å². The first kappa shape index (κ1) is 19.4. The molecule has 28 heavy (non-hydrogen) atoms. The number of sulfonamides is 1. The fourth-order valence-corrected chi connectivity index (χ4v) is 5.76. The van der Waals surface area contributed by atoms with Crippen molar-refractivity contribution in [2.45, 2.75) is 17.7 Å². The number of piperidine rings is 1. The van der Waals surface area contributed by atoms with Crippen LogP contribution in [0.5, 0.6) is 0 Å². The van der Waals surface area contributed by atoms with Gasteiger partial charge in [0.2, 0.25) is 10.0 Å². The van der Waals surface area contributed by atoms with Gasteiger partial charge in [-0.15, -0.1) is 0 Å². The molecule has 150 valence electrons. The van der Waals surface area contributed by atoms with E-state index in [2.05, 4.69) is 40.1 Å². The summed E-state index contributed by atoms with van der Waals surface area (Å²) in [6.07, 6.45) is 1.90. The number of para-hydroxylation sites is 1. The molecule has 4 rings (SSSR count). The molecular formula is C22H29N3O2S. The summed E-state index contributed by atoms with van der Waals surface area (Å²) >= 11 is 0. The predicted octanol–water partition coefficient (Wildman–Crippen LogP) is 2.91. The molecule has 0 saturated carbocycles. The van der Waals surface area contributed by atoms with Gasteiger partial charge in [-0.25, -0.2) is 8.42 Å². The van der Waals surface area contributed by atoms with Crippen molar-refractivity contribution in [3.63, 3.8) is 0 Å². The lowest BCUT2D eigenvalue weighted by atomic mass is 9.97. The van der Waals surface area contributed by atoms with Gasteiger partial charge >= 0.3 is 0 Å². The molecule has 2 aliphatic heterocycles. The lowest BCUT2D eigenvalue weighted by Gasteiger charge is -2.39. The second kappa shape index (κ2) is 8.64. The lowest BCUT2D eigenvalue weighted by molar-refractivity contribution is 0.176. The van der Waals surface area contributed by atoms with Crippen molar-refractivity contribution in [3.8, 4) is 0 Å². The van der Waals surface area contributed by atoms with E-state index in [0.717, 1.165) is 45.6 Å². The molecule has 2 saturated heterocycles. The quantitative estimate of drug-likeness (QED) is 0.775. The fourth-order valence-electron chi connectivity index (χ4n) is 4.27. The van der Waals surface area contributed by atoms with Gasteiger partial charge in [0.25, 0.3) is 0 Å². The summed E-state index contributed by atoms with van der Waals surface area (Å²) in [5, 5.41) is 0. The normalized spacial score (nSPS) is 20.4. The molecule has 0 atom stereocenters. The molecule has 2 heterocycles. The van der Waals surface area contributed by atoms with Crippen LogP contribution in [0.2, 0.25) is 0 Å². The Labute approximate surface area is 168 Å². The van der Waals surface area contributed by atoms with Gasteiger partial charge in [0.15, 0.2) is 0 Å². The highest BCUT2D eigenvalue weighted by atomic mass is 32.2. The largest absolute Gasteiger partial charge is 0.369 e. The van der Waals surface area contributed by atoms with Gasteiger partial charge in [-0.2, -0.15) is 4.31 Å². The second-order valence-corrected chi connectivity index (χ2v) is 9.72. The molecule has 0 unspecified atom stereocenters. The van der Waals surface area contributed by atoms with Crippen LogP contribution < -0.4 is 4.90 Å². The maximum Gasteiger partial charge on any atom is 0.243 e. The van der Waals surface area contributed by atoms with Gasteiger partial charge in [-0.05, 0) is 43.0 Å². The Kier molecular flexibility index (Phi) is 5.99. The van der Waals surface area contributed by atoms with E-state index in [1.54, 1.807) is 28.6 Å². The molecule has 0 N–H and O–H groups in total. The van der Waals surface area contributed by atoms with Crippen LogP contribution in [0.15, 0.2) is 65.6 Å². The number of hydrogen-bond acceptors (Lipinski definition) is 4. The molecule has 0 radical (unpaired) electrons. The van der Waals surface area contributed by atoms with Crippen LogP contribution in [0.1, 0.15) is 12.8 Å². The second-order valence-electron chi connectivity index (χ2n) is 7.78. The summed E-state index contributed by atoms with van der Waals surface area (Å²) in [4.78, 5) is 5.40. The molecule has 2 fully saturated rings. The Bertz CT molecular complexity index is 842. The van der Waals surface area contributed by atoms with Crippen molar-refractivity contribution < 1.29 is 8.42 Å². The van der Waals surface area contributed by atoms with E-state index in [-0.39, 0.29) is 0 Å². The van der Waals surface area contributed by atoms with Gasteiger partial charge in [-0.3, -0.25) is 4.90 Å². The molecule has 2 aromatic carbocycles. The topological polar surface area (TPSA) is 43.9 Å². The number of benzene rings is 2. The Hall–Kier alpha value is -1.89. The van der Waals surface area contributed by atoms with Crippen LogP contribution >= 0.6 is 0 Å². The number of anilines is 1. The smallest absolute Gasteiger partial charge is 0.243 e. The summed E-state index contributed by atoms with van der Waals surface area (Å²) in [6, 6.07) is 19.4. The van der Waals surface area contributed by atoms with Crippen LogP contribution in [-0.2, 0) is 10.0 Å². The molecule has 0 aliphatic carbocycles. The number of hydrogen-bond donors (Lipinski definition) is 0. The molecule has 2 aliphatic rings. The zero-order valence-electron chi connectivity index (χ0n) is 16.3. The van der Waals surface area contributed by atoms with E-state index < -0.39 is 10.0 Å². The summed E-state index contributed by atoms with van der Waals surface area (Å²) in [5.74, 6) is 0.588. The third-order valence-corrected chi connectivity index (χ3v) is 7.88. The Morgan fingerprint density at radius 1 is 0.750 bits per heavy atom. The predicted molar refractivity (Wildman–Crippen MR) is 113 cm³/mol. The van der Waals surface area contributed by atoms with Crippen LogP contribution in [-0.4, -0.2) is 63.4 Å². The van der Waals surface area contributed by atoms with Crippen molar-refractivity contribution in [1.82, 2.24) is 9.21 Å². The Morgan fingerprint density at radius 3 is 1.93 bits per heavy atom. The van der Waals surface area contributed by atoms with Crippen molar-refractivity contribution in [2.24, 2.45) is 5.92 Å². The summed E-state index contributed by atoms with van der Waals surface area (Å²) < 4.78 is 27.2. The first-order chi connectivity index (χ1) is 13.6. The Morgan fingerprint density at radius 2 is 1.32 bits per heavy atom. The van der Waals surface area contributed by atoms with Crippen molar-refractivity contribution in [3.05, 3.63) is 60.7 Å². The van der Waals surface area contributed by atoms with E-state index in [0.29, 0.717) is 23.9 Å². The maximum atomic E-state index is 12.8. The van der Waals surface area contributed by atoms with Gasteiger partial charge in [-0.1, -0.05) is 36.4 Å². The minimum Gasteiger partial charge on any atom is -0.369 e. The van der Waals surface area contributed by atoms with Crippen molar-refractivity contribution in [1.29, 1.82) is 0 Å². The van der Waals surface area contributed by atoms with E-state index in [1.165, 1.54) is 5.69 Å². The first-order valence-corrected chi connectivity index (χ1v) is 11.6. The van der Waals surface area contributed by atoms with Gasteiger partial charge in [0, 0.05) is 51.5 Å². The monoisotopic (exact) mass is 399 g/mol. The average molecular weight is 400 g/mol. The van der Waals surface area contributed by atoms with E-state index in [9.17, 15) is 8.42 Å². The highest BCUT2D eigenvalue weighted by molar-refractivity contribution is 7.89. The van der Waals surface area contributed by atoms with E-state index >= 15 is 0 Å². The standard InChI is InChI=1S/C22H29N3O2S/c26-28(27,22-9-5-2-6-10-22)25-13-11-20(12-14-25)19-23-15-17-24(18-16-23)21-7-3-1-4-8-21/h1-10,20H,11-19H2. The summed E-state index contributed by atoms with van der Waals surface area (Å²) in [5.41, 5.74) is 1.31. The SMILES string of the molecule is O=S(=O)(c1ccccc1)N1CCC(CN2CCN(c3ccccc3)CC2)CC1. The number of piperazine rings is 1. The van der Waals surface area contributed by atoms with Gasteiger partial charge < -0.3 is 4.90 Å². The van der Waals surface area contributed by atoms with E-state index in [1.807, 2.05) is 6.07 Å². The van der Waals surface area contributed by atoms with Gasteiger partial charge in [0.1, 0.15) is 0 Å². The van der Waals surface area contributed by atoms with Crippen LogP contribution in [0.25, 0.3) is 0 Å². The fraction of sp³-hybridized carbons (Fsp3) is 0.455. The molecule has 0 amide bonds. The minimum absolute atomic E-state index is 0.408. The molecule has 0 bridgehead atoms. The third-order valence-electron chi connectivity index (χ3n) is 5.96. The zero-order valence-corrected chi connectivity index (χ0v) is 17.1. The summed E-state index contributed by atoms with van der Waals surface area (Å²) in [6.45, 7) is 6.63. The molecule has 0 spiro atoms. The summed E-state index contributed by atoms with van der Waals surface area (Å²) in [7, 11) is -3.34. The van der Waals surface area contributed by atoms with Crippen molar-refractivity contribution >= 4 is 15.7 Å². The van der Waals surface area contributed by atoms with Crippen LogP contribution in [0.3, 0.4) is 0 Å². The third kappa shape index (κ3) is 4.40. The number of nitrogens with zero attached hydrogens (tertiary/aromatic N) is 3.